The van der Waals surface area contributed by atoms with Gasteiger partial charge >= 0.3 is 5.97 Å². The Labute approximate surface area is 161 Å². The smallest absolute Gasteiger partial charge is 0.338 e. The number of carbonyl (C=O) groups is 1. The van der Waals surface area contributed by atoms with E-state index in [9.17, 15) is 14.9 Å². The molecule has 27 heavy (non-hydrogen) atoms. The molecule has 0 N–H and O–H groups in total. The fourth-order valence-corrected chi connectivity index (χ4v) is 4.99. The Bertz CT molecular complexity index is 725. The molecule has 7 heteroatoms. The number of hydrogen-bond donors (Lipinski definition) is 0. The van der Waals surface area contributed by atoms with Crippen LogP contribution in [0.4, 0.5) is 5.69 Å². The number of nitro benzene ring substituents is 1. The van der Waals surface area contributed by atoms with E-state index < -0.39 is 19.2 Å². The highest BCUT2D eigenvalue weighted by molar-refractivity contribution is 6.74. The highest BCUT2D eigenvalue weighted by Crippen LogP contribution is 2.52. The van der Waals surface area contributed by atoms with E-state index in [-0.39, 0.29) is 22.9 Å². The molecule has 3 rings (SSSR count). The summed E-state index contributed by atoms with van der Waals surface area (Å²) in [5.74, 6) is 0.614. The first-order chi connectivity index (χ1) is 12.5. The van der Waals surface area contributed by atoms with E-state index in [1.165, 1.54) is 24.3 Å². The van der Waals surface area contributed by atoms with E-state index in [1.54, 1.807) is 0 Å². The predicted molar refractivity (Wildman–Crippen MR) is 105 cm³/mol. The monoisotopic (exact) mass is 391 g/mol. The van der Waals surface area contributed by atoms with Gasteiger partial charge in [0.25, 0.3) is 5.69 Å². The van der Waals surface area contributed by atoms with Crippen molar-refractivity contribution < 1.29 is 18.9 Å². The lowest BCUT2D eigenvalue weighted by molar-refractivity contribution is -0.384. The van der Waals surface area contributed by atoms with Crippen molar-refractivity contribution in [2.45, 2.75) is 70.4 Å². The minimum atomic E-state index is -1.86. The summed E-state index contributed by atoms with van der Waals surface area (Å²) in [5, 5.41) is 10.9. The standard InChI is InChI=1S/C20H29NO5Si/c1-20(2,3)27(4,5)26-16-10-14-11-17(14)18(12-16)25-19(22)13-6-8-15(9-7-13)21(23)24/h6-9,14,16-18H,10-12H2,1-5H3. The molecular formula is C20H29NO5Si. The zero-order chi connectivity index (χ0) is 20.0. The Morgan fingerprint density at radius 1 is 1.15 bits per heavy atom. The van der Waals surface area contributed by atoms with Gasteiger partial charge in [-0.2, -0.15) is 0 Å². The Hall–Kier alpha value is -1.73. The second-order valence-electron chi connectivity index (χ2n) is 9.38. The molecule has 0 aromatic heterocycles. The van der Waals surface area contributed by atoms with Gasteiger partial charge in [0.1, 0.15) is 6.10 Å². The van der Waals surface area contributed by atoms with Crippen LogP contribution in [0.25, 0.3) is 0 Å². The lowest BCUT2D eigenvalue weighted by Crippen LogP contribution is -2.46. The Morgan fingerprint density at radius 2 is 1.78 bits per heavy atom. The molecule has 0 radical (unpaired) electrons. The van der Waals surface area contributed by atoms with Gasteiger partial charge < -0.3 is 9.16 Å². The molecule has 0 amide bonds. The largest absolute Gasteiger partial charge is 0.458 e. The third-order valence-corrected chi connectivity index (χ3v) is 10.9. The van der Waals surface area contributed by atoms with Crippen LogP contribution in [0.15, 0.2) is 24.3 Å². The van der Waals surface area contributed by atoms with Gasteiger partial charge in [-0.05, 0) is 54.9 Å². The number of rotatable bonds is 5. The summed E-state index contributed by atoms with van der Waals surface area (Å²) in [6, 6.07) is 5.58. The Morgan fingerprint density at radius 3 is 2.33 bits per heavy atom. The topological polar surface area (TPSA) is 78.7 Å². The number of fused-ring (bicyclic) bond motifs is 1. The summed E-state index contributed by atoms with van der Waals surface area (Å²) in [5.41, 5.74) is 0.319. The molecule has 2 fully saturated rings. The molecule has 0 heterocycles. The van der Waals surface area contributed by atoms with Crippen molar-refractivity contribution in [1.29, 1.82) is 0 Å². The summed E-state index contributed by atoms with van der Waals surface area (Å²) in [4.78, 5) is 22.8. The summed E-state index contributed by atoms with van der Waals surface area (Å²) in [6.45, 7) is 11.2. The molecule has 0 bridgehead atoms. The number of esters is 1. The SMILES string of the molecule is CC(C)(C)[Si](C)(C)OC1CC2CC2C(OC(=O)c2ccc([N+](=O)[O-])cc2)C1. The van der Waals surface area contributed by atoms with Crippen LogP contribution in [-0.2, 0) is 9.16 Å². The van der Waals surface area contributed by atoms with Crippen molar-refractivity contribution >= 4 is 20.0 Å². The summed E-state index contributed by atoms with van der Waals surface area (Å²) >= 11 is 0. The molecule has 1 aromatic rings. The first kappa shape index (κ1) is 20.0. The Balaban J connectivity index is 1.63. The van der Waals surface area contributed by atoms with Gasteiger partial charge in [-0.15, -0.1) is 0 Å². The Kier molecular flexibility index (Phi) is 5.20. The van der Waals surface area contributed by atoms with Crippen LogP contribution in [-0.4, -0.2) is 31.4 Å². The first-order valence-corrected chi connectivity index (χ1v) is 12.5. The van der Waals surface area contributed by atoms with E-state index in [1.807, 2.05) is 0 Å². The van der Waals surface area contributed by atoms with Crippen LogP contribution in [0.3, 0.4) is 0 Å². The maximum Gasteiger partial charge on any atom is 0.338 e. The van der Waals surface area contributed by atoms with E-state index in [2.05, 4.69) is 33.9 Å². The van der Waals surface area contributed by atoms with Gasteiger partial charge in [0.2, 0.25) is 0 Å². The predicted octanol–water partition coefficient (Wildman–Crippen LogP) is 4.94. The molecule has 6 nitrogen and oxygen atoms in total. The molecule has 4 atom stereocenters. The highest BCUT2D eigenvalue weighted by Gasteiger charge is 2.52. The number of nitro groups is 1. The second kappa shape index (κ2) is 7.02. The molecule has 4 unspecified atom stereocenters. The molecule has 148 valence electrons. The minimum absolute atomic E-state index is 0.0330. The molecular weight excluding hydrogens is 362 g/mol. The molecule has 0 saturated heterocycles. The zero-order valence-corrected chi connectivity index (χ0v) is 17.7. The maximum absolute atomic E-state index is 12.5. The van der Waals surface area contributed by atoms with Crippen molar-refractivity contribution in [2.75, 3.05) is 0 Å². The van der Waals surface area contributed by atoms with Gasteiger partial charge in [0.15, 0.2) is 8.32 Å². The van der Waals surface area contributed by atoms with Crippen LogP contribution in [0.5, 0.6) is 0 Å². The summed E-state index contributed by atoms with van der Waals surface area (Å²) < 4.78 is 12.4. The lowest BCUT2D eigenvalue weighted by atomic mass is 9.95. The van der Waals surface area contributed by atoms with Crippen molar-refractivity contribution in [1.82, 2.24) is 0 Å². The van der Waals surface area contributed by atoms with Gasteiger partial charge in [0.05, 0.1) is 10.5 Å². The molecule has 2 aliphatic rings. The third kappa shape index (κ3) is 4.40. The summed E-state index contributed by atoms with van der Waals surface area (Å²) in [6.07, 6.45) is 2.91. The fourth-order valence-electron chi connectivity index (χ4n) is 3.62. The van der Waals surface area contributed by atoms with Gasteiger partial charge in [-0.1, -0.05) is 20.8 Å². The minimum Gasteiger partial charge on any atom is -0.458 e. The number of nitrogens with zero attached hydrogens (tertiary/aromatic N) is 1. The average molecular weight is 392 g/mol. The van der Waals surface area contributed by atoms with Crippen LogP contribution in [0.2, 0.25) is 18.1 Å². The van der Waals surface area contributed by atoms with E-state index in [0.717, 1.165) is 19.3 Å². The molecule has 0 spiro atoms. The van der Waals surface area contributed by atoms with Gasteiger partial charge in [-0.25, -0.2) is 4.79 Å². The normalized spacial score (nSPS) is 27.6. The van der Waals surface area contributed by atoms with Crippen molar-refractivity contribution in [3.63, 3.8) is 0 Å². The number of carbonyl (C=O) groups excluding carboxylic acids is 1. The highest BCUT2D eigenvalue weighted by atomic mass is 28.4. The zero-order valence-electron chi connectivity index (χ0n) is 16.7. The van der Waals surface area contributed by atoms with E-state index >= 15 is 0 Å². The number of ether oxygens (including phenoxy) is 1. The summed E-state index contributed by atoms with van der Waals surface area (Å²) in [7, 11) is -1.86. The van der Waals surface area contributed by atoms with Crippen LogP contribution < -0.4 is 0 Å². The van der Waals surface area contributed by atoms with E-state index in [0.29, 0.717) is 17.4 Å². The van der Waals surface area contributed by atoms with Crippen molar-refractivity contribution in [3.8, 4) is 0 Å². The van der Waals surface area contributed by atoms with Crippen molar-refractivity contribution in [3.05, 3.63) is 39.9 Å². The number of benzene rings is 1. The third-order valence-electron chi connectivity index (χ3n) is 6.36. The van der Waals surface area contributed by atoms with Crippen LogP contribution >= 0.6 is 0 Å². The van der Waals surface area contributed by atoms with Crippen LogP contribution in [0.1, 0.15) is 50.4 Å². The average Bonchev–Trinajstić information content (AvgIpc) is 3.33. The number of non-ortho nitro benzene ring substituents is 1. The molecule has 1 aromatic carbocycles. The molecule has 2 aliphatic carbocycles. The molecule has 2 saturated carbocycles. The van der Waals surface area contributed by atoms with Gasteiger partial charge in [-0.3, -0.25) is 10.1 Å². The van der Waals surface area contributed by atoms with Crippen LogP contribution in [0, 0.1) is 22.0 Å². The fraction of sp³-hybridized carbons (Fsp3) is 0.650. The second-order valence-corrected chi connectivity index (χ2v) is 14.1. The quantitative estimate of drug-likeness (QED) is 0.307. The molecule has 0 aliphatic heterocycles. The van der Waals surface area contributed by atoms with E-state index in [4.69, 9.17) is 9.16 Å². The maximum atomic E-state index is 12.5. The van der Waals surface area contributed by atoms with Gasteiger partial charge in [0, 0.05) is 24.7 Å². The number of hydrogen-bond acceptors (Lipinski definition) is 5. The van der Waals surface area contributed by atoms with Crippen molar-refractivity contribution in [2.24, 2.45) is 11.8 Å². The first-order valence-electron chi connectivity index (χ1n) is 9.61. The lowest BCUT2D eigenvalue weighted by Gasteiger charge is -2.41.